The van der Waals surface area contributed by atoms with Crippen LogP contribution in [0.1, 0.15) is 85.8 Å². The first-order chi connectivity index (χ1) is 29.3. The van der Waals surface area contributed by atoms with Crippen LogP contribution in [0, 0.1) is 32.1 Å². The molecule has 4 aliphatic rings. The predicted molar refractivity (Wildman–Crippen MR) is 233 cm³/mol. The number of benzene rings is 6. The highest BCUT2D eigenvalue weighted by Gasteiger charge is 2.57. The van der Waals surface area contributed by atoms with Crippen LogP contribution >= 0.6 is 0 Å². The van der Waals surface area contributed by atoms with Crippen molar-refractivity contribution in [2.45, 2.75) is 63.6 Å². The number of hydrogen-bond donors (Lipinski definition) is 0. The zero-order chi connectivity index (χ0) is 41.4. The van der Waals surface area contributed by atoms with Crippen molar-refractivity contribution in [1.29, 1.82) is 0 Å². The Kier molecular flexibility index (Phi) is 10.1. The van der Waals surface area contributed by atoms with Gasteiger partial charge >= 0.3 is 0 Å². The van der Waals surface area contributed by atoms with Crippen molar-refractivity contribution in [3.8, 4) is 22.3 Å². The number of fused-ring (bicyclic) bond motifs is 10. The Labute approximate surface area is 348 Å². The minimum absolute atomic E-state index is 0.0312. The van der Waals surface area contributed by atoms with Crippen LogP contribution in [-0.2, 0) is 20.9 Å². The zero-order valence-electron chi connectivity index (χ0n) is 33.5. The number of nitrogens with zero attached hydrogens (tertiary/aromatic N) is 4. The molecule has 2 aliphatic heterocycles. The topological polar surface area (TPSA) is 129 Å². The summed E-state index contributed by atoms with van der Waals surface area (Å²) in [5.41, 5.74) is 11.7. The minimum Gasteiger partial charge on any atom is -0.378 e. The van der Waals surface area contributed by atoms with E-state index < -0.39 is 11.2 Å². The lowest BCUT2D eigenvalue weighted by molar-refractivity contribution is -0.385. The largest absolute Gasteiger partial charge is 0.378 e. The Bertz CT molecular complexity index is 2400. The molecule has 2 aliphatic carbocycles. The van der Waals surface area contributed by atoms with E-state index in [2.05, 4.69) is 121 Å². The van der Waals surface area contributed by atoms with E-state index in [1.807, 2.05) is 0 Å². The Morgan fingerprint density at radius 2 is 0.783 bits per heavy atom. The lowest BCUT2D eigenvalue weighted by atomic mass is 9.73. The molecule has 0 unspecified atom stereocenters. The molecule has 300 valence electrons. The quantitative estimate of drug-likeness (QED) is 0.100. The minimum atomic E-state index is -0.653. The molecule has 0 aromatic heterocycles. The van der Waals surface area contributed by atoms with Crippen LogP contribution in [0.2, 0.25) is 0 Å². The summed E-state index contributed by atoms with van der Waals surface area (Å²) >= 11 is 0. The third-order valence-corrected chi connectivity index (χ3v) is 12.5. The van der Waals surface area contributed by atoms with Gasteiger partial charge in [-0.3, -0.25) is 20.2 Å². The van der Waals surface area contributed by atoms with Gasteiger partial charge in [0.1, 0.15) is 0 Å². The van der Waals surface area contributed by atoms with Crippen LogP contribution < -0.4 is 0 Å². The molecule has 10 nitrogen and oxygen atoms in total. The Balaban J connectivity index is 0.000000154. The molecular formula is C50H44N4O6. The Morgan fingerprint density at radius 3 is 1.07 bits per heavy atom. The molecule has 6 aromatic carbocycles. The van der Waals surface area contributed by atoms with Gasteiger partial charge in [0.25, 0.3) is 11.4 Å². The number of unbranched alkanes of at least 4 members (excludes halogenated alkanes) is 2. The van der Waals surface area contributed by atoms with Crippen molar-refractivity contribution in [2.24, 2.45) is 22.1 Å². The summed E-state index contributed by atoms with van der Waals surface area (Å²) in [6.07, 6.45) is 6.09. The third kappa shape index (κ3) is 6.08. The predicted octanol–water partition coefficient (Wildman–Crippen LogP) is 12.1. The van der Waals surface area contributed by atoms with E-state index in [9.17, 15) is 20.2 Å². The highest BCUT2D eigenvalue weighted by atomic mass is 16.7. The fourth-order valence-corrected chi connectivity index (χ4v) is 9.80. The lowest BCUT2D eigenvalue weighted by Crippen LogP contribution is -2.36. The van der Waals surface area contributed by atoms with Crippen molar-refractivity contribution >= 4 is 22.8 Å². The standard InChI is InChI=1S/2C25H22N2O3/c2*1-2-3-10-23-24(17-13-15-18(16-14-17)27(28)29)26-30-25(23)21-11-6-4-8-19(21)20-9-5-7-12-22(20)25/h2*4-9,11-16,23H,2-3,10H2,1H3/t2*23-/m10/s1. The molecule has 0 bridgehead atoms. The van der Waals surface area contributed by atoms with Crippen LogP contribution in [0.15, 0.2) is 156 Å². The van der Waals surface area contributed by atoms with Crippen molar-refractivity contribution < 1.29 is 19.5 Å². The van der Waals surface area contributed by atoms with E-state index in [1.54, 1.807) is 24.3 Å². The fraction of sp³-hybridized carbons (Fsp3) is 0.240. The molecule has 60 heavy (non-hydrogen) atoms. The summed E-state index contributed by atoms with van der Waals surface area (Å²) in [6.45, 7) is 4.36. The summed E-state index contributed by atoms with van der Waals surface area (Å²) in [5.74, 6) is 0.0624. The number of nitro benzene ring substituents is 2. The maximum Gasteiger partial charge on any atom is 0.269 e. The lowest BCUT2D eigenvalue weighted by Gasteiger charge is -2.31. The average Bonchev–Trinajstić information content (AvgIpc) is 4.02. The molecule has 2 spiro atoms. The maximum atomic E-state index is 11.1. The van der Waals surface area contributed by atoms with E-state index in [-0.39, 0.29) is 33.1 Å². The Hall–Kier alpha value is -6.94. The Morgan fingerprint density at radius 1 is 0.483 bits per heavy atom. The van der Waals surface area contributed by atoms with Crippen molar-refractivity contribution in [2.75, 3.05) is 0 Å². The smallest absolute Gasteiger partial charge is 0.269 e. The van der Waals surface area contributed by atoms with E-state index in [0.29, 0.717) is 0 Å². The first kappa shape index (κ1) is 38.6. The molecule has 0 saturated heterocycles. The SMILES string of the molecule is CCCC[C@@H]1C(c2ccc([N+](=O)[O-])cc2)=NOC12c1ccccc1-c1ccccc12.CCCC[C@H]1C(c2ccc([N+](=O)[O-])cc2)=NOC12c1ccccc1-c1ccccc12. The molecule has 10 rings (SSSR count). The second-order valence-corrected chi connectivity index (χ2v) is 15.8. The van der Waals surface area contributed by atoms with Gasteiger partial charge in [-0.25, -0.2) is 0 Å². The van der Waals surface area contributed by atoms with Gasteiger partial charge in [-0.15, -0.1) is 0 Å². The summed E-state index contributed by atoms with van der Waals surface area (Å²) in [4.78, 5) is 34.1. The molecule has 0 amide bonds. The molecule has 10 heteroatoms. The van der Waals surface area contributed by atoms with E-state index in [0.717, 1.165) is 83.3 Å². The highest BCUT2D eigenvalue weighted by Crippen LogP contribution is 2.59. The molecule has 6 aromatic rings. The monoisotopic (exact) mass is 796 g/mol. The molecule has 2 atom stereocenters. The fourth-order valence-electron chi connectivity index (χ4n) is 9.80. The summed E-state index contributed by atoms with van der Waals surface area (Å²) in [6, 6.07) is 46.9. The van der Waals surface area contributed by atoms with Gasteiger partial charge in [0, 0.05) is 57.6 Å². The van der Waals surface area contributed by atoms with Crippen molar-refractivity contribution in [3.05, 3.63) is 199 Å². The number of rotatable bonds is 10. The molecule has 0 fully saturated rings. The van der Waals surface area contributed by atoms with Gasteiger partial charge in [0.05, 0.1) is 33.1 Å². The molecule has 2 heterocycles. The van der Waals surface area contributed by atoms with Crippen LogP contribution in [0.5, 0.6) is 0 Å². The molecule has 0 N–H and O–H groups in total. The highest BCUT2D eigenvalue weighted by molar-refractivity contribution is 6.06. The second-order valence-electron chi connectivity index (χ2n) is 15.8. The molecular weight excluding hydrogens is 753 g/mol. The van der Waals surface area contributed by atoms with Gasteiger partial charge in [-0.2, -0.15) is 0 Å². The van der Waals surface area contributed by atoms with E-state index >= 15 is 0 Å². The molecule has 0 radical (unpaired) electrons. The summed E-state index contributed by atoms with van der Waals surface area (Å²) in [7, 11) is 0. The third-order valence-electron chi connectivity index (χ3n) is 12.5. The summed E-state index contributed by atoms with van der Waals surface area (Å²) < 4.78 is 0. The average molecular weight is 797 g/mol. The summed E-state index contributed by atoms with van der Waals surface area (Å²) in [5, 5.41) is 31.3. The van der Waals surface area contributed by atoms with Gasteiger partial charge in [-0.1, -0.05) is 147 Å². The van der Waals surface area contributed by atoms with Crippen LogP contribution in [0.3, 0.4) is 0 Å². The van der Waals surface area contributed by atoms with E-state index in [4.69, 9.17) is 9.68 Å². The second kappa shape index (κ2) is 15.7. The van der Waals surface area contributed by atoms with Crippen LogP contribution in [-0.4, -0.2) is 21.3 Å². The van der Waals surface area contributed by atoms with E-state index in [1.165, 1.54) is 46.5 Å². The first-order valence-electron chi connectivity index (χ1n) is 20.7. The number of oxime groups is 2. The van der Waals surface area contributed by atoms with Crippen molar-refractivity contribution in [3.63, 3.8) is 0 Å². The van der Waals surface area contributed by atoms with Gasteiger partial charge < -0.3 is 9.68 Å². The van der Waals surface area contributed by atoms with Crippen LogP contribution in [0.4, 0.5) is 11.4 Å². The number of nitro groups is 2. The number of non-ortho nitro benzene ring substituents is 2. The van der Waals surface area contributed by atoms with Gasteiger partial charge in [-0.05, 0) is 59.4 Å². The van der Waals surface area contributed by atoms with Gasteiger partial charge in [0.15, 0.2) is 11.2 Å². The molecule has 0 saturated carbocycles. The first-order valence-corrected chi connectivity index (χ1v) is 20.7. The maximum absolute atomic E-state index is 11.1. The zero-order valence-corrected chi connectivity index (χ0v) is 33.5. The van der Waals surface area contributed by atoms with Crippen molar-refractivity contribution in [1.82, 2.24) is 0 Å². The number of hydrogen-bond acceptors (Lipinski definition) is 8. The van der Waals surface area contributed by atoms with Crippen LogP contribution in [0.25, 0.3) is 22.3 Å². The van der Waals surface area contributed by atoms with Gasteiger partial charge in [0.2, 0.25) is 0 Å². The normalized spacial score (nSPS) is 17.9.